The average molecular weight is 457 g/mol. The van der Waals surface area contributed by atoms with Crippen LogP contribution >= 0.6 is 24.0 Å². The SMILES string of the molecule is COc1ccc(/C=C2/SC(=O)N(CCCCCC(=O)Nc3cccc(O)c3)C2=S)cc1. The first-order valence-electron chi connectivity index (χ1n) is 9.94. The highest BCUT2D eigenvalue weighted by Crippen LogP contribution is 2.33. The molecule has 1 aliphatic heterocycles. The molecule has 3 rings (SSSR count). The van der Waals surface area contributed by atoms with Crippen LogP contribution in [0.4, 0.5) is 10.5 Å². The van der Waals surface area contributed by atoms with Crippen molar-refractivity contribution in [2.75, 3.05) is 19.0 Å². The predicted molar refractivity (Wildman–Crippen MR) is 128 cm³/mol. The molecule has 2 aromatic carbocycles. The molecule has 0 aliphatic carbocycles. The van der Waals surface area contributed by atoms with Gasteiger partial charge in [0.1, 0.15) is 16.5 Å². The van der Waals surface area contributed by atoms with Gasteiger partial charge in [-0.3, -0.25) is 14.5 Å². The molecule has 162 valence electrons. The highest BCUT2D eigenvalue weighted by atomic mass is 32.2. The van der Waals surface area contributed by atoms with Gasteiger partial charge in [-0.25, -0.2) is 0 Å². The fourth-order valence-electron chi connectivity index (χ4n) is 3.08. The van der Waals surface area contributed by atoms with Gasteiger partial charge in [-0.15, -0.1) is 0 Å². The Morgan fingerprint density at radius 1 is 1.19 bits per heavy atom. The Balaban J connectivity index is 1.42. The van der Waals surface area contributed by atoms with Crippen molar-refractivity contribution < 1.29 is 19.4 Å². The summed E-state index contributed by atoms with van der Waals surface area (Å²) in [5, 5.41) is 12.1. The van der Waals surface area contributed by atoms with Gasteiger partial charge in [0.05, 0.1) is 12.0 Å². The van der Waals surface area contributed by atoms with Gasteiger partial charge in [-0.05, 0) is 60.5 Å². The number of amides is 2. The van der Waals surface area contributed by atoms with Gasteiger partial charge >= 0.3 is 0 Å². The van der Waals surface area contributed by atoms with Crippen molar-refractivity contribution in [2.24, 2.45) is 0 Å². The average Bonchev–Trinajstić information content (AvgIpc) is 3.01. The number of unbranched alkanes of at least 4 members (excludes halogenated alkanes) is 2. The zero-order valence-electron chi connectivity index (χ0n) is 17.2. The number of thioether (sulfide) groups is 1. The van der Waals surface area contributed by atoms with Gasteiger partial charge in [0.25, 0.3) is 5.24 Å². The maximum absolute atomic E-state index is 12.3. The van der Waals surface area contributed by atoms with Crippen LogP contribution < -0.4 is 10.1 Å². The molecule has 0 radical (unpaired) electrons. The smallest absolute Gasteiger partial charge is 0.291 e. The zero-order chi connectivity index (χ0) is 22.2. The molecule has 2 N–H and O–H groups in total. The monoisotopic (exact) mass is 456 g/mol. The summed E-state index contributed by atoms with van der Waals surface area (Å²) in [7, 11) is 1.62. The van der Waals surface area contributed by atoms with Crippen molar-refractivity contribution in [3.05, 3.63) is 59.0 Å². The molecule has 0 aromatic heterocycles. The molecule has 0 unspecified atom stereocenters. The Labute approximate surface area is 191 Å². The number of aromatic hydroxyl groups is 1. The van der Waals surface area contributed by atoms with Gasteiger partial charge < -0.3 is 15.2 Å². The van der Waals surface area contributed by atoms with Crippen LogP contribution in [-0.4, -0.2) is 39.8 Å². The summed E-state index contributed by atoms with van der Waals surface area (Å²) in [4.78, 5) is 27.3. The van der Waals surface area contributed by atoms with E-state index in [9.17, 15) is 14.7 Å². The quantitative estimate of drug-likeness (QED) is 0.297. The third kappa shape index (κ3) is 6.57. The van der Waals surface area contributed by atoms with Crippen LogP contribution in [0.15, 0.2) is 53.4 Å². The minimum absolute atomic E-state index is 0.0635. The lowest BCUT2D eigenvalue weighted by Gasteiger charge is -2.14. The van der Waals surface area contributed by atoms with Crippen LogP contribution in [0.3, 0.4) is 0 Å². The van der Waals surface area contributed by atoms with Crippen LogP contribution in [0.2, 0.25) is 0 Å². The van der Waals surface area contributed by atoms with E-state index < -0.39 is 0 Å². The predicted octanol–water partition coefficient (Wildman–Crippen LogP) is 5.44. The molecule has 8 heteroatoms. The van der Waals surface area contributed by atoms with E-state index >= 15 is 0 Å². The van der Waals surface area contributed by atoms with Gasteiger partial charge in [-0.1, -0.05) is 36.8 Å². The number of phenols is 1. The lowest BCUT2D eigenvalue weighted by atomic mass is 10.1. The number of hydrogen-bond acceptors (Lipinski definition) is 6. The second kappa shape index (κ2) is 11.0. The number of nitrogens with zero attached hydrogens (tertiary/aromatic N) is 1. The molecule has 1 heterocycles. The molecule has 1 saturated heterocycles. The molecule has 1 aliphatic rings. The Bertz CT molecular complexity index is 989. The maximum atomic E-state index is 12.3. The third-order valence-corrected chi connectivity index (χ3v) is 6.20. The Morgan fingerprint density at radius 2 is 1.97 bits per heavy atom. The number of rotatable bonds is 9. The summed E-state index contributed by atoms with van der Waals surface area (Å²) < 4.78 is 5.16. The van der Waals surface area contributed by atoms with E-state index in [4.69, 9.17) is 17.0 Å². The van der Waals surface area contributed by atoms with Gasteiger partial charge in [-0.2, -0.15) is 0 Å². The number of ether oxygens (including phenoxy) is 1. The van der Waals surface area contributed by atoms with Crippen molar-refractivity contribution in [2.45, 2.75) is 25.7 Å². The molecule has 0 spiro atoms. The van der Waals surface area contributed by atoms with E-state index in [1.807, 2.05) is 30.3 Å². The van der Waals surface area contributed by atoms with Gasteiger partial charge in [0.2, 0.25) is 5.91 Å². The first kappa shape index (κ1) is 22.8. The second-order valence-corrected chi connectivity index (χ2v) is 8.40. The van der Waals surface area contributed by atoms with E-state index in [1.54, 1.807) is 30.2 Å². The number of hydrogen-bond donors (Lipinski definition) is 2. The number of carbonyl (C=O) groups is 2. The van der Waals surface area contributed by atoms with Gasteiger partial charge in [0, 0.05) is 24.7 Å². The standard InChI is InChI=1S/C23H24N2O4S2/c1-29-19-11-9-16(10-12-19)14-20-22(30)25(23(28)31-20)13-4-2-3-8-21(27)24-17-6-5-7-18(26)15-17/h5-7,9-12,14-15,26H,2-4,8,13H2,1H3,(H,24,27)/b20-14+. The van der Waals surface area contributed by atoms with E-state index in [0.29, 0.717) is 30.1 Å². The summed E-state index contributed by atoms with van der Waals surface area (Å²) in [5.41, 5.74) is 1.53. The Kier molecular flexibility index (Phi) is 8.08. The minimum Gasteiger partial charge on any atom is -0.508 e. The number of nitrogens with one attached hydrogen (secondary N) is 1. The van der Waals surface area contributed by atoms with Crippen molar-refractivity contribution in [1.82, 2.24) is 4.90 Å². The lowest BCUT2D eigenvalue weighted by Crippen LogP contribution is -2.28. The molecular formula is C23H24N2O4S2. The maximum Gasteiger partial charge on any atom is 0.291 e. The highest BCUT2D eigenvalue weighted by Gasteiger charge is 2.31. The molecule has 0 atom stereocenters. The minimum atomic E-state index is -0.0985. The Morgan fingerprint density at radius 3 is 2.68 bits per heavy atom. The molecule has 6 nitrogen and oxygen atoms in total. The van der Waals surface area contributed by atoms with E-state index in [2.05, 4.69) is 5.32 Å². The van der Waals surface area contributed by atoms with Crippen LogP contribution in [0, 0.1) is 0 Å². The Hall–Kier alpha value is -2.84. The van der Waals surface area contributed by atoms with Crippen LogP contribution in [-0.2, 0) is 4.79 Å². The summed E-state index contributed by atoms with van der Waals surface area (Å²) >= 11 is 6.65. The van der Waals surface area contributed by atoms with Crippen LogP contribution in [0.25, 0.3) is 6.08 Å². The number of methoxy groups -OCH3 is 1. The number of carbonyl (C=O) groups excluding carboxylic acids is 2. The highest BCUT2D eigenvalue weighted by molar-refractivity contribution is 8.19. The van der Waals surface area contributed by atoms with Gasteiger partial charge in [0.15, 0.2) is 0 Å². The third-order valence-electron chi connectivity index (χ3n) is 4.70. The fraction of sp³-hybridized carbons (Fsp3) is 0.261. The summed E-state index contributed by atoms with van der Waals surface area (Å²) in [6.45, 7) is 0.540. The number of thiocarbonyl (C=S) groups is 1. The van der Waals surface area contributed by atoms with Crippen molar-refractivity contribution >= 4 is 51.9 Å². The molecule has 0 saturated carbocycles. The van der Waals surface area contributed by atoms with E-state index in [0.717, 1.165) is 40.8 Å². The van der Waals surface area contributed by atoms with Crippen LogP contribution in [0.1, 0.15) is 31.2 Å². The molecule has 31 heavy (non-hydrogen) atoms. The topological polar surface area (TPSA) is 78.9 Å². The summed E-state index contributed by atoms with van der Waals surface area (Å²) in [6, 6.07) is 14.0. The van der Waals surface area contributed by atoms with Crippen LogP contribution in [0.5, 0.6) is 11.5 Å². The van der Waals surface area contributed by atoms with Crippen molar-refractivity contribution in [1.29, 1.82) is 0 Å². The first-order chi connectivity index (χ1) is 15.0. The van der Waals surface area contributed by atoms with Crippen molar-refractivity contribution in [3.63, 3.8) is 0 Å². The summed E-state index contributed by atoms with van der Waals surface area (Å²) in [5.74, 6) is 0.790. The molecule has 1 fully saturated rings. The molecular weight excluding hydrogens is 432 g/mol. The first-order valence-corrected chi connectivity index (χ1v) is 11.2. The molecule has 0 bridgehead atoms. The summed E-state index contributed by atoms with van der Waals surface area (Å²) in [6.07, 6.45) is 4.58. The van der Waals surface area contributed by atoms with E-state index in [1.165, 1.54) is 6.07 Å². The zero-order valence-corrected chi connectivity index (χ0v) is 18.8. The second-order valence-electron chi connectivity index (χ2n) is 7.02. The van der Waals surface area contributed by atoms with Crippen molar-refractivity contribution in [3.8, 4) is 11.5 Å². The fourth-order valence-corrected chi connectivity index (χ4v) is 4.37. The van der Waals surface area contributed by atoms with E-state index in [-0.39, 0.29) is 16.9 Å². The largest absolute Gasteiger partial charge is 0.508 e. The molecule has 2 amide bonds. The number of benzene rings is 2. The lowest BCUT2D eigenvalue weighted by molar-refractivity contribution is -0.116. The number of anilines is 1. The number of phenolic OH excluding ortho intramolecular Hbond substituents is 1. The normalized spacial score (nSPS) is 14.9. The molecule has 2 aromatic rings.